The molecule has 0 aliphatic carbocycles. The van der Waals surface area contributed by atoms with Crippen molar-refractivity contribution in [2.24, 2.45) is 0 Å². The molecular formula is C54H113Si2. The molecular weight excluding hydrogens is 705 g/mol. The van der Waals surface area contributed by atoms with Gasteiger partial charge in [-0.05, 0) is 11.5 Å². The van der Waals surface area contributed by atoms with Gasteiger partial charge in [0.05, 0.1) is 8.07 Å². The molecule has 0 aromatic heterocycles. The van der Waals surface area contributed by atoms with Crippen LogP contribution in [0, 0.1) is 0 Å². The van der Waals surface area contributed by atoms with Crippen molar-refractivity contribution in [1.29, 1.82) is 0 Å². The normalized spacial score (nSPS) is 13.3. The average Bonchev–Trinajstić information content (AvgIpc) is 3.22. The van der Waals surface area contributed by atoms with E-state index in [2.05, 4.69) is 48.5 Å². The molecule has 0 bridgehead atoms. The fourth-order valence-corrected chi connectivity index (χ4v) is 20.8. The molecule has 0 spiro atoms. The Balaban J connectivity index is 4.98. The first-order valence-electron chi connectivity index (χ1n) is 27.4. The van der Waals surface area contributed by atoms with E-state index in [-0.39, 0.29) is 8.80 Å². The van der Waals surface area contributed by atoms with E-state index in [0.29, 0.717) is 5.04 Å². The molecule has 337 valence electrons. The smallest absolute Gasteiger partial charge is 0.0595 e. The van der Waals surface area contributed by atoms with E-state index in [0.717, 1.165) is 0 Å². The molecule has 0 aliphatic rings. The van der Waals surface area contributed by atoms with Crippen molar-refractivity contribution in [2.45, 2.75) is 347 Å². The van der Waals surface area contributed by atoms with Crippen LogP contribution in [0.3, 0.4) is 0 Å². The highest BCUT2D eigenvalue weighted by molar-refractivity contribution is 6.82. The fourth-order valence-electron chi connectivity index (χ4n) is 11.0. The van der Waals surface area contributed by atoms with E-state index in [1.165, 1.54) is 218 Å². The molecule has 1 radical (unpaired) electrons. The van der Waals surface area contributed by atoms with Crippen LogP contribution in [0.2, 0.25) is 41.3 Å². The molecule has 0 aliphatic heterocycles. The maximum absolute atomic E-state index is 2.67. The lowest BCUT2D eigenvalue weighted by Crippen LogP contribution is -2.47. The van der Waals surface area contributed by atoms with E-state index < -0.39 is 8.07 Å². The Hall–Kier alpha value is 0.434. The van der Waals surface area contributed by atoms with Gasteiger partial charge in [0.2, 0.25) is 0 Å². The minimum Gasteiger partial charge on any atom is -0.0678 e. The number of rotatable bonds is 48. The van der Waals surface area contributed by atoms with Crippen molar-refractivity contribution in [3.63, 3.8) is 0 Å². The Morgan fingerprint density at radius 1 is 0.286 bits per heavy atom. The van der Waals surface area contributed by atoms with Gasteiger partial charge in [-0.3, -0.25) is 0 Å². The van der Waals surface area contributed by atoms with Crippen molar-refractivity contribution < 1.29 is 0 Å². The van der Waals surface area contributed by atoms with Crippen molar-refractivity contribution >= 4 is 16.9 Å². The Morgan fingerprint density at radius 2 is 0.536 bits per heavy atom. The second kappa shape index (κ2) is 43.5. The highest BCUT2D eigenvalue weighted by Crippen LogP contribution is 2.55. The lowest BCUT2D eigenvalue weighted by molar-refractivity contribution is 0.418. The fraction of sp³-hybridized carbons (Fsp3) is 1.00. The first kappa shape index (κ1) is 56.4. The molecule has 2 heteroatoms. The quantitative estimate of drug-likeness (QED) is 0.0424. The third-order valence-corrected chi connectivity index (χ3v) is 25.5. The van der Waals surface area contributed by atoms with Gasteiger partial charge in [-0.1, -0.05) is 335 Å². The van der Waals surface area contributed by atoms with E-state index in [1.807, 2.05) is 0 Å². The molecule has 0 N–H and O–H groups in total. The van der Waals surface area contributed by atoms with Crippen molar-refractivity contribution in [2.75, 3.05) is 0 Å². The van der Waals surface area contributed by atoms with Crippen LogP contribution < -0.4 is 0 Å². The third kappa shape index (κ3) is 30.5. The summed E-state index contributed by atoms with van der Waals surface area (Å²) in [5.74, 6) is 0. The first-order chi connectivity index (χ1) is 27.5. The standard InChI is InChI=1S/C54H113Si2/c1-8-15-19-23-27-31-37-43-49-55(50-44-38-32-28-24-20-16-9-2)51-45-39-33-35-41-47-53-56(14-7,52-46-40-34-29-25-21-17-10-3)54(12-5,13-6)48-42-36-30-26-22-18-11-4/h8-53H2,1-7H3. The second-order valence-electron chi connectivity index (χ2n) is 19.5. The lowest BCUT2D eigenvalue weighted by atomic mass is 9.94. The van der Waals surface area contributed by atoms with E-state index in [9.17, 15) is 0 Å². The van der Waals surface area contributed by atoms with E-state index >= 15 is 0 Å². The van der Waals surface area contributed by atoms with Crippen LogP contribution in [0.5, 0.6) is 0 Å². The predicted molar refractivity (Wildman–Crippen MR) is 267 cm³/mol. The number of hydrogen-bond donors (Lipinski definition) is 0. The Labute approximate surface area is 361 Å². The molecule has 0 heterocycles. The zero-order valence-corrected chi connectivity index (χ0v) is 43.0. The van der Waals surface area contributed by atoms with Crippen LogP contribution in [-0.4, -0.2) is 16.9 Å². The van der Waals surface area contributed by atoms with Crippen molar-refractivity contribution in [3.05, 3.63) is 0 Å². The summed E-state index contributed by atoms with van der Waals surface area (Å²) >= 11 is 0. The zero-order chi connectivity index (χ0) is 41.1. The molecule has 0 aromatic carbocycles. The molecule has 56 heavy (non-hydrogen) atoms. The van der Waals surface area contributed by atoms with Gasteiger partial charge in [0.15, 0.2) is 0 Å². The van der Waals surface area contributed by atoms with Gasteiger partial charge in [0, 0.05) is 8.80 Å². The van der Waals surface area contributed by atoms with Crippen LogP contribution in [0.25, 0.3) is 0 Å². The van der Waals surface area contributed by atoms with Crippen molar-refractivity contribution in [3.8, 4) is 0 Å². The monoisotopic (exact) mass is 818 g/mol. The second-order valence-corrected chi connectivity index (χ2v) is 27.9. The van der Waals surface area contributed by atoms with Crippen LogP contribution in [0.15, 0.2) is 0 Å². The first-order valence-corrected chi connectivity index (χ1v) is 32.1. The molecule has 0 amide bonds. The maximum Gasteiger partial charge on any atom is 0.0595 e. The zero-order valence-electron chi connectivity index (χ0n) is 41.0. The molecule has 0 saturated heterocycles. The molecule has 0 nitrogen and oxygen atoms in total. The average molecular weight is 819 g/mol. The van der Waals surface area contributed by atoms with Gasteiger partial charge < -0.3 is 0 Å². The van der Waals surface area contributed by atoms with Gasteiger partial charge in [0.1, 0.15) is 0 Å². The van der Waals surface area contributed by atoms with Crippen LogP contribution in [0.1, 0.15) is 305 Å². The van der Waals surface area contributed by atoms with Gasteiger partial charge in [-0.25, -0.2) is 0 Å². The summed E-state index contributed by atoms with van der Waals surface area (Å²) < 4.78 is 0. The van der Waals surface area contributed by atoms with Gasteiger partial charge >= 0.3 is 0 Å². The van der Waals surface area contributed by atoms with Gasteiger partial charge in [-0.15, -0.1) is 0 Å². The summed E-state index contributed by atoms with van der Waals surface area (Å²) in [5.41, 5.74) is 0. The molecule has 1 atom stereocenters. The van der Waals surface area contributed by atoms with Gasteiger partial charge in [-0.2, -0.15) is 0 Å². The molecule has 0 fully saturated rings. The summed E-state index contributed by atoms with van der Waals surface area (Å²) in [5, 5.41) is 0.703. The Bertz CT molecular complexity index is 710. The molecule has 1 unspecified atom stereocenters. The summed E-state index contributed by atoms with van der Waals surface area (Å²) in [4.78, 5) is 0. The molecule has 0 aromatic rings. The van der Waals surface area contributed by atoms with Crippen LogP contribution >= 0.6 is 0 Å². The largest absolute Gasteiger partial charge is 0.0678 e. The lowest BCUT2D eigenvalue weighted by Gasteiger charge is -2.50. The molecule has 0 saturated carbocycles. The third-order valence-electron chi connectivity index (χ3n) is 15.1. The van der Waals surface area contributed by atoms with Gasteiger partial charge in [0.25, 0.3) is 0 Å². The number of hydrogen-bond acceptors (Lipinski definition) is 0. The minimum absolute atomic E-state index is 0.117. The highest BCUT2D eigenvalue weighted by atomic mass is 28.3. The van der Waals surface area contributed by atoms with E-state index in [4.69, 9.17) is 0 Å². The molecule has 0 rings (SSSR count). The number of unbranched alkanes of at least 4 members (excludes halogenated alkanes) is 32. The maximum atomic E-state index is 2.67. The van der Waals surface area contributed by atoms with E-state index in [1.54, 1.807) is 74.8 Å². The SMILES string of the molecule is CCCCCCCCCC[Si](CCCCCCCCCC)CCCCCCCC[Si](CC)(CCCCCCCCCC)C(CC)(CC)CCCCCCCCC. The minimum atomic E-state index is -1.35. The van der Waals surface area contributed by atoms with Crippen LogP contribution in [0.4, 0.5) is 0 Å². The summed E-state index contributed by atoms with van der Waals surface area (Å²) in [7, 11) is -1.47. The predicted octanol–water partition coefficient (Wildman–Crippen LogP) is 21.4. The summed E-state index contributed by atoms with van der Waals surface area (Å²) in [6.45, 7) is 17.3. The Kier molecular flexibility index (Phi) is 43.9. The summed E-state index contributed by atoms with van der Waals surface area (Å²) in [6.07, 6.45) is 59.6. The summed E-state index contributed by atoms with van der Waals surface area (Å²) in [6, 6.07) is 9.77. The highest BCUT2D eigenvalue weighted by Gasteiger charge is 2.47. The Morgan fingerprint density at radius 3 is 0.804 bits per heavy atom. The topological polar surface area (TPSA) is 0 Å². The van der Waals surface area contributed by atoms with Crippen LogP contribution in [-0.2, 0) is 0 Å². The van der Waals surface area contributed by atoms with Crippen molar-refractivity contribution in [1.82, 2.24) is 0 Å².